The first-order chi connectivity index (χ1) is 13.1. The lowest BCUT2D eigenvalue weighted by Crippen LogP contribution is -2.53. The van der Waals surface area contributed by atoms with Crippen molar-refractivity contribution >= 4 is 7.87 Å². The first-order valence-corrected chi connectivity index (χ1v) is 12.0. The summed E-state index contributed by atoms with van der Waals surface area (Å²) in [5.74, 6) is 0. The van der Waals surface area contributed by atoms with E-state index in [0.717, 1.165) is 13.1 Å². The van der Waals surface area contributed by atoms with Crippen molar-refractivity contribution in [2.24, 2.45) is 11.5 Å². The Balaban J connectivity index is -0.000000915. The van der Waals surface area contributed by atoms with E-state index in [9.17, 15) is 0 Å². The van der Waals surface area contributed by atoms with E-state index in [1.165, 1.54) is 38.1 Å². The van der Waals surface area contributed by atoms with Crippen LogP contribution in [0, 0.1) is 22.9 Å². The van der Waals surface area contributed by atoms with Gasteiger partial charge in [0.2, 0.25) is 0 Å². The minimum atomic E-state index is -1.75. The van der Waals surface area contributed by atoms with Crippen LogP contribution in [0.1, 0.15) is 81.1 Å². The molecule has 0 bridgehead atoms. The summed E-state index contributed by atoms with van der Waals surface area (Å²) < 4.78 is 2.68. The summed E-state index contributed by atoms with van der Waals surface area (Å²) in [6.45, 7) is 20.3. The molecule has 28 heavy (non-hydrogen) atoms. The van der Waals surface area contributed by atoms with Crippen LogP contribution in [0.4, 0.5) is 0 Å². The van der Waals surface area contributed by atoms with Crippen LogP contribution in [0.2, 0.25) is 0 Å². The average Bonchev–Trinajstić information content (AvgIpc) is 2.54. The zero-order chi connectivity index (χ0) is 22.6. The van der Waals surface area contributed by atoms with Gasteiger partial charge in [0, 0.05) is 31.2 Å². The second-order valence-corrected chi connectivity index (χ2v) is 10.0. The molecule has 0 fully saturated rings. The van der Waals surface area contributed by atoms with Crippen LogP contribution in [-0.2, 0) is 0 Å². The molecule has 0 heterocycles. The Morgan fingerprint density at radius 1 is 0.750 bits per heavy atom. The standard InChI is InChI=1S/C17H42N4P.2CH2N2/c1-9-11-13-21(14-12-10-2)22(18-15(3)4,19-16(5)6)20-17(7)8;2*2-1-3/h15-20H,9-14H2,1-8H3;2*2H2/q+1;;. The predicted molar refractivity (Wildman–Crippen MR) is 123 cm³/mol. The Bertz CT molecular complexity index is 369. The minimum absolute atomic E-state index is 0.455. The predicted octanol–water partition coefficient (Wildman–Crippen LogP) is 3.41. The number of hydrogen-bond donors (Lipinski definition) is 5. The Hall–Kier alpha value is -1.15. The number of hydrogen-bond acceptors (Lipinski definition) is 8. The maximum atomic E-state index is 7.10. The fraction of sp³-hybridized carbons (Fsp3) is 0.895. The van der Waals surface area contributed by atoms with Crippen LogP contribution in [0.15, 0.2) is 0 Å². The van der Waals surface area contributed by atoms with Gasteiger partial charge in [-0.05, 0) is 54.4 Å². The third-order valence-corrected chi connectivity index (χ3v) is 7.22. The third kappa shape index (κ3) is 18.2. The summed E-state index contributed by atoms with van der Waals surface area (Å²) in [5.41, 5.74) is 8.31. The fourth-order valence-corrected chi connectivity index (χ4v) is 6.41. The van der Waals surface area contributed by atoms with Gasteiger partial charge in [-0.3, -0.25) is 0 Å². The molecule has 9 heteroatoms. The molecule has 0 rings (SSSR count). The molecule has 0 saturated carbocycles. The topological polar surface area (TPSA) is 139 Å². The van der Waals surface area contributed by atoms with Crippen LogP contribution in [0.25, 0.3) is 0 Å². The van der Waals surface area contributed by atoms with Crippen molar-refractivity contribution in [2.75, 3.05) is 13.1 Å². The number of nitrogens with zero attached hydrogens (tertiary/aromatic N) is 3. The molecule has 0 aromatic rings. The molecule has 0 aliphatic carbocycles. The monoisotopic (exact) mass is 417 g/mol. The number of nitriles is 2. The molecule has 0 saturated heterocycles. The zero-order valence-corrected chi connectivity index (χ0v) is 20.3. The van der Waals surface area contributed by atoms with Crippen LogP contribution in [-0.4, -0.2) is 35.9 Å². The quantitative estimate of drug-likeness (QED) is 0.174. The highest BCUT2D eigenvalue weighted by Gasteiger charge is 2.47. The average molecular weight is 418 g/mol. The number of nitrogens with two attached hydrogens (primary N) is 2. The highest BCUT2D eigenvalue weighted by atomic mass is 31.2. The lowest BCUT2D eigenvalue weighted by atomic mass is 10.3. The molecule has 0 spiro atoms. The van der Waals surface area contributed by atoms with Crippen LogP contribution in [0.5, 0.6) is 0 Å². The van der Waals surface area contributed by atoms with Gasteiger partial charge < -0.3 is 11.5 Å². The summed E-state index contributed by atoms with van der Waals surface area (Å²) in [6, 6.07) is 1.37. The smallest absolute Gasteiger partial charge is 0.301 e. The maximum absolute atomic E-state index is 7.10. The SMILES string of the molecule is CCCCN(CCCC)[P+](NC(C)C)(NC(C)C)NC(C)C.N#CN.N#CN. The summed E-state index contributed by atoms with van der Waals surface area (Å²) in [4.78, 5) is 0. The molecule has 0 unspecified atom stereocenters. The van der Waals surface area contributed by atoms with E-state index < -0.39 is 7.87 Å². The van der Waals surface area contributed by atoms with Gasteiger partial charge in [0.15, 0.2) is 12.4 Å². The first kappa shape index (κ1) is 31.5. The molecule has 8 nitrogen and oxygen atoms in total. The van der Waals surface area contributed by atoms with Crippen molar-refractivity contribution < 1.29 is 0 Å². The Kier molecular flexibility index (Phi) is 23.2. The van der Waals surface area contributed by atoms with Crippen LogP contribution >= 0.6 is 7.87 Å². The molecular formula is C19H46N8P+. The van der Waals surface area contributed by atoms with Gasteiger partial charge in [-0.1, -0.05) is 26.7 Å². The second kappa shape index (κ2) is 20.6. The van der Waals surface area contributed by atoms with E-state index in [4.69, 9.17) is 10.5 Å². The van der Waals surface area contributed by atoms with E-state index in [1.807, 2.05) is 0 Å². The summed E-state index contributed by atoms with van der Waals surface area (Å²) in [6.07, 6.45) is 7.50. The van der Waals surface area contributed by atoms with E-state index in [1.54, 1.807) is 0 Å². The molecule has 166 valence electrons. The normalized spacial score (nSPS) is 10.8. The summed E-state index contributed by atoms with van der Waals surface area (Å²) >= 11 is 0. The molecule has 0 aromatic heterocycles. The van der Waals surface area contributed by atoms with Gasteiger partial charge in [0.1, 0.15) is 0 Å². The number of nitrogens with one attached hydrogen (secondary N) is 3. The highest BCUT2D eigenvalue weighted by molar-refractivity contribution is 7.67. The molecule has 0 aliphatic rings. The molecule has 0 amide bonds. The molecule has 0 aromatic carbocycles. The van der Waals surface area contributed by atoms with Crippen LogP contribution < -0.4 is 26.7 Å². The zero-order valence-electron chi connectivity index (χ0n) is 19.4. The van der Waals surface area contributed by atoms with Crippen molar-refractivity contribution in [1.29, 1.82) is 10.5 Å². The summed E-state index contributed by atoms with van der Waals surface area (Å²) in [7, 11) is -1.75. The molecule has 7 N–H and O–H groups in total. The van der Waals surface area contributed by atoms with Crippen molar-refractivity contribution in [3.05, 3.63) is 0 Å². The Morgan fingerprint density at radius 3 is 1.18 bits per heavy atom. The van der Waals surface area contributed by atoms with Crippen molar-refractivity contribution in [3.8, 4) is 12.4 Å². The van der Waals surface area contributed by atoms with Gasteiger partial charge in [-0.2, -0.15) is 10.5 Å². The lowest BCUT2D eigenvalue weighted by Gasteiger charge is -2.39. The molecule has 0 radical (unpaired) electrons. The maximum Gasteiger partial charge on any atom is 0.301 e. The first-order valence-electron chi connectivity index (χ1n) is 10.3. The largest absolute Gasteiger partial charge is 0.337 e. The van der Waals surface area contributed by atoms with Crippen molar-refractivity contribution in [3.63, 3.8) is 0 Å². The van der Waals surface area contributed by atoms with Gasteiger partial charge in [0.05, 0.1) is 0 Å². The minimum Gasteiger partial charge on any atom is -0.337 e. The molecule has 0 atom stereocenters. The van der Waals surface area contributed by atoms with E-state index in [0.29, 0.717) is 18.1 Å². The Morgan fingerprint density at radius 2 is 1.00 bits per heavy atom. The molecular weight excluding hydrogens is 371 g/mol. The second-order valence-electron chi connectivity index (χ2n) is 7.41. The number of rotatable bonds is 13. The third-order valence-electron chi connectivity index (χ3n) is 3.30. The van der Waals surface area contributed by atoms with Crippen molar-refractivity contribution in [1.82, 2.24) is 19.9 Å². The summed E-state index contributed by atoms with van der Waals surface area (Å²) in [5, 5.41) is 25.9. The Labute approximate surface area is 175 Å². The highest BCUT2D eigenvalue weighted by Crippen LogP contribution is 2.51. The van der Waals surface area contributed by atoms with E-state index >= 15 is 0 Å². The van der Waals surface area contributed by atoms with Gasteiger partial charge in [0.25, 0.3) is 0 Å². The molecule has 0 aliphatic heterocycles. The number of unbranched alkanes of at least 4 members (excludes halogenated alkanes) is 2. The fourth-order valence-electron chi connectivity index (χ4n) is 2.57. The van der Waals surface area contributed by atoms with Gasteiger partial charge in [-0.15, -0.1) is 19.9 Å². The van der Waals surface area contributed by atoms with Crippen LogP contribution in [0.3, 0.4) is 0 Å². The van der Waals surface area contributed by atoms with Gasteiger partial charge >= 0.3 is 7.87 Å². The van der Waals surface area contributed by atoms with E-state index in [2.05, 4.69) is 86.8 Å². The lowest BCUT2D eigenvalue weighted by molar-refractivity contribution is 0.392. The van der Waals surface area contributed by atoms with Gasteiger partial charge in [-0.25, -0.2) is 0 Å². The van der Waals surface area contributed by atoms with Crippen molar-refractivity contribution in [2.45, 2.75) is 99.2 Å². The van der Waals surface area contributed by atoms with E-state index in [-0.39, 0.29) is 0 Å².